The van der Waals surface area contributed by atoms with Gasteiger partial charge in [0.25, 0.3) is 0 Å². The van der Waals surface area contributed by atoms with Gasteiger partial charge in [0.1, 0.15) is 5.82 Å². The van der Waals surface area contributed by atoms with Crippen LogP contribution in [0.3, 0.4) is 0 Å². The van der Waals surface area contributed by atoms with E-state index in [-0.39, 0.29) is 0 Å². The number of aromatic nitrogens is 2. The summed E-state index contributed by atoms with van der Waals surface area (Å²) in [6.07, 6.45) is 4.64. The van der Waals surface area contributed by atoms with Gasteiger partial charge in [-0.15, -0.1) is 0 Å². The van der Waals surface area contributed by atoms with E-state index < -0.39 is 6.19 Å². The Morgan fingerprint density at radius 2 is 1.57 bits per heavy atom. The van der Waals surface area contributed by atoms with Gasteiger partial charge in [-0.05, 0) is 24.6 Å². The van der Waals surface area contributed by atoms with Crippen LogP contribution in [0.5, 0.6) is 0 Å². The zero-order valence-electron chi connectivity index (χ0n) is 16.6. The van der Waals surface area contributed by atoms with Gasteiger partial charge < -0.3 is 0 Å². The van der Waals surface area contributed by atoms with E-state index in [0.29, 0.717) is 0 Å². The fourth-order valence-corrected chi connectivity index (χ4v) is 8.04. The Kier molecular flexibility index (Phi) is 6.34. The molecule has 0 amide bonds. The molecule has 4 aromatic rings. The van der Waals surface area contributed by atoms with Crippen LogP contribution in [0.15, 0.2) is 97.2 Å². The fraction of sp³-hybridized carbons (Fsp3) is 0.0800. The molecule has 0 N–H and O–H groups in total. The molecule has 0 aliphatic carbocycles. The Bertz CT molecular complexity index is 1170. The number of hydrogen-bond donors (Lipinski definition) is 0. The average molecular weight is 449 g/mol. The maximum absolute atomic E-state index is 6.48. The fourth-order valence-electron chi connectivity index (χ4n) is 3.58. The number of aryl methyl sites for hydroxylation is 1. The first kappa shape index (κ1) is 20.8. The number of rotatable bonds is 6. The SMILES string of the molecule is Cc1ncc(C/C=C/c2cccc(Cl)c2)n1P(=S)(c1ccccc1)c1ccccc1. The molecular formula is C25H22ClN2PS. The summed E-state index contributed by atoms with van der Waals surface area (Å²) in [5, 5.41) is 3.06. The van der Waals surface area contributed by atoms with E-state index in [4.69, 9.17) is 23.4 Å². The predicted molar refractivity (Wildman–Crippen MR) is 133 cm³/mol. The molecule has 0 saturated heterocycles. The topological polar surface area (TPSA) is 17.8 Å². The minimum atomic E-state index is -2.29. The Morgan fingerprint density at radius 1 is 0.933 bits per heavy atom. The van der Waals surface area contributed by atoms with Crippen molar-refractivity contribution in [1.82, 2.24) is 9.32 Å². The van der Waals surface area contributed by atoms with Gasteiger partial charge in [-0.1, -0.05) is 108 Å². The molecule has 0 aliphatic rings. The summed E-state index contributed by atoms with van der Waals surface area (Å²) < 4.78 is 2.29. The molecule has 1 heterocycles. The van der Waals surface area contributed by atoms with E-state index in [1.807, 2.05) is 49.5 Å². The highest BCUT2D eigenvalue weighted by atomic mass is 35.5. The first-order chi connectivity index (χ1) is 14.6. The lowest BCUT2D eigenvalue weighted by molar-refractivity contribution is 1.02. The molecule has 4 rings (SSSR count). The van der Waals surface area contributed by atoms with Crippen LogP contribution < -0.4 is 10.6 Å². The van der Waals surface area contributed by atoms with Gasteiger partial charge in [-0.2, -0.15) is 0 Å². The smallest absolute Gasteiger partial charge is 0.110 e. The second-order valence-electron chi connectivity index (χ2n) is 7.02. The first-order valence-electron chi connectivity index (χ1n) is 9.76. The monoisotopic (exact) mass is 448 g/mol. The van der Waals surface area contributed by atoms with E-state index in [1.54, 1.807) is 0 Å². The van der Waals surface area contributed by atoms with Crippen molar-refractivity contribution in [1.29, 1.82) is 0 Å². The first-order valence-corrected chi connectivity index (χ1v) is 12.9. The summed E-state index contributed by atoms with van der Waals surface area (Å²) in [6, 6.07) is 28.7. The largest absolute Gasteiger partial charge is 0.295 e. The van der Waals surface area contributed by atoms with Crippen LogP contribution in [-0.2, 0) is 18.2 Å². The highest BCUT2D eigenvalue weighted by molar-refractivity contribution is 8.21. The Morgan fingerprint density at radius 3 is 2.17 bits per heavy atom. The third-order valence-electron chi connectivity index (χ3n) is 4.96. The van der Waals surface area contributed by atoms with Gasteiger partial charge in [-0.3, -0.25) is 4.34 Å². The molecule has 0 atom stereocenters. The zero-order valence-corrected chi connectivity index (χ0v) is 19.1. The van der Waals surface area contributed by atoms with Gasteiger partial charge in [0.05, 0.1) is 6.19 Å². The Balaban J connectivity index is 1.78. The van der Waals surface area contributed by atoms with Crippen LogP contribution in [0.25, 0.3) is 6.08 Å². The summed E-state index contributed by atoms with van der Waals surface area (Å²) in [5.41, 5.74) is 2.19. The van der Waals surface area contributed by atoms with Gasteiger partial charge in [0.2, 0.25) is 0 Å². The Hall–Kier alpha value is -2.45. The summed E-state index contributed by atoms with van der Waals surface area (Å²) in [7, 11) is 0. The number of nitrogens with zero attached hydrogens (tertiary/aromatic N) is 2. The number of benzene rings is 3. The van der Waals surface area contributed by atoms with E-state index in [0.717, 1.165) is 39.1 Å². The van der Waals surface area contributed by atoms with Crippen molar-refractivity contribution < 1.29 is 0 Å². The van der Waals surface area contributed by atoms with Crippen molar-refractivity contribution in [2.45, 2.75) is 13.3 Å². The molecule has 1 aromatic heterocycles. The van der Waals surface area contributed by atoms with Gasteiger partial charge in [0, 0.05) is 33.9 Å². The van der Waals surface area contributed by atoms with Crippen molar-refractivity contribution in [3.63, 3.8) is 0 Å². The molecule has 2 nitrogen and oxygen atoms in total. The van der Waals surface area contributed by atoms with Gasteiger partial charge >= 0.3 is 0 Å². The van der Waals surface area contributed by atoms with Crippen molar-refractivity contribution in [2.24, 2.45) is 0 Å². The van der Waals surface area contributed by atoms with Gasteiger partial charge in [-0.25, -0.2) is 4.98 Å². The minimum absolute atomic E-state index is 0.738. The number of halogens is 1. The van der Waals surface area contributed by atoms with Crippen LogP contribution in [0.1, 0.15) is 17.1 Å². The highest BCUT2D eigenvalue weighted by Crippen LogP contribution is 2.47. The molecular weight excluding hydrogens is 427 g/mol. The predicted octanol–water partition coefficient (Wildman–Crippen LogP) is 5.99. The van der Waals surface area contributed by atoms with E-state index in [1.165, 1.54) is 0 Å². The molecule has 0 saturated carbocycles. The zero-order chi connectivity index (χ0) is 21.0. The molecule has 0 aliphatic heterocycles. The second-order valence-corrected chi connectivity index (χ2v) is 11.6. The lowest BCUT2D eigenvalue weighted by Crippen LogP contribution is -2.23. The van der Waals surface area contributed by atoms with Crippen LogP contribution in [0.2, 0.25) is 5.02 Å². The van der Waals surface area contributed by atoms with Crippen LogP contribution in [0, 0.1) is 6.92 Å². The summed E-state index contributed by atoms with van der Waals surface area (Å²) in [4.78, 5) is 4.64. The normalized spacial score (nSPS) is 11.8. The summed E-state index contributed by atoms with van der Waals surface area (Å²) in [5.74, 6) is 0.942. The molecule has 0 fully saturated rings. The molecule has 0 bridgehead atoms. The lowest BCUT2D eigenvalue weighted by atomic mass is 10.2. The van der Waals surface area contributed by atoms with E-state index >= 15 is 0 Å². The molecule has 0 unspecified atom stereocenters. The van der Waals surface area contributed by atoms with Crippen LogP contribution in [0.4, 0.5) is 0 Å². The average Bonchev–Trinajstić information content (AvgIpc) is 3.15. The van der Waals surface area contributed by atoms with E-state index in [2.05, 4.69) is 70.0 Å². The molecule has 30 heavy (non-hydrogen) atoms. The highest BCUT2D eigenvalue weighted by Gasteiger charge is 2.27. The maximum atomic E-state index is 6.48. The minimum Gasteiger partial charge on any atom is -0.295 e. The molecule has 150 valence electrons. The Labute approximate surface area is 187 Å². The molecule has 0 radical (unpaired) electrons. The number of hydrogen-bond acceptors (Lipinski definition) is 2. The van der Waals surface area contributed by atoms with Gasteiger partial charge in [0.15, 0.2) is 0 Å². The maximum Gasteiger partial charge on any atom is 0.110 e. The number of allylic oxidation sites excluding steroid dienone is 1. The molecule has 3 aromatic carbocycles. The summed E-state index contributed by atoms with van der Waals surface area (Å²) in [6.45, 7) is 2.04. The second kappa shape index (κ2) is 9.14. The van der Waals surface area contributed by atoms with Crippen molar-refractivity contribution in [3.05, 3.63) is 119 Å². The van der Waals surface area contributed by atoms with E-state index in [9.17, 15) is 0 Å². The lowest BCUT2D eigenvalue weighted by Gasteiger charge is -2.28. The van der Waals surface area contributed by atoms with Crippen molar-refractivity contribution in [2.75, 3.05) is 0 Å². The van der Waals surface area contributed by atoms with Crippen LogP contribution >= 0.6 is 17.8 Å². The molecule has 5 heteroatoms. The molecule has 0 spiro atoms. The van der Waals surface area contributed by atoms with Crippen molar-refractivity contribution >= 4 is 46.3 Å². The summed E-state index contributed by atoms with van der Waals surface area (Å²) >= 11 is 12.6. The third-order valence-corrected chi connectivity index (χ3v) is 10.1. The quantitative estimate of drug-likeness (QED) is 0.337. The number of imidazole rings is 1. The van der Waals surface area contributed by atoms with Crippen LogP contribution in [-0.4, -0.2) is 9.32 Å². The standard InChI is InChI=1S/C25H22ClN2PS/c1-20-27-19-23(13-9-11-21-10-8-12-22(26)18-21)28(20)29(30,24-14-4-2-5-15-24)25-16-6-3-7-17-25/h2-12,14-19H,13H2,1H3/b11-9+. The third kappa shape index (κ3) is 4.20. The van der Waals surface area contributed by atoms with Crippen molar-refractivity contribution in [3.8, 4) is 0 Å².